The predicted molar refractivity (Wildman–Crippen MR) is 92.0 cm³/mol. The largest absolute Gasteiger partial charge is 0.370 e. The Kier molecular flexibility index (Phi) is 5.99. The summed E-state index contributed by atoms with van der Waals surface area (Å²) in [5, 5.41) is 6.93. The third-order valence-electron chi connectivity index (χ3n) is 3.08. The van der Waals surface area contributed by atoms with Crippen molar-refractivity contribution in [2.75, 3.05) is 17.2 Å². The second-order valence-corrected chi connectivity index (χ2v) is 7.58. The van der Waals surface area contributed by atoms with Crippen molar-refractivity contribution in [2.45, 2.75) is 73.3 Å². The van der Waals surface area contributed by atoms with Gasteiger partial charge in [-0.05, 0) is 32.1 Å². The minimum atomic E-state index is -0.000356. The molecule has 0 saturated heterocycles. The normalized spacial score (nSPS) is 12.3. The molecule has 0 atom stereocenters. The van der Waals surface area contributed by atoms with Crippen LogP contribution in [0.25, 0.3) is 0 Å². The maximum atomic E-state index is 4.61. The molecule has 4 nitrogen and oxygen atoms in total. The van der Waals surface area contributed by atoms with Crippen molar-refractivity contribution in [1.82, 2.24) is 9.97 Å². The Morgan fingerprint density at radius 3 is 2.14 bits per heavy atom. The molecule has 0 radical (unpaired) electrons. The van der Waals surface area contributed by atoms with Crippen LogP contribution in [0.15, 0.2) is 6.07 Å². The molecule has 0 aliphatic heterocycles. The standard InChI is InChI=1S/C17H32N4/c1-8-10-18-14-11-15(20-13(9-2)19-14)21-17(6,7)12-16(3,4)5/h11H,8-10,12H2,1-7H3,(H2,18,19,20,21). The number of rotatable bonds is 7. The van der Waals surface area contributed by atoms with Gasteiger partial charge in [-0.15, -0.1) is 0 Å². The van der Waals surface area contributed by atoms with E-state index in [0.29, 0.717) is 0 Å². The molecular weight excluding hydrogens is 260 g/mol. The smallest absolute Gasteiger partial charge is 0.132 e. The SMILES string of the molecule is CCCNc1cc(NC(C)(C)CC(C)(C)C)nc(CC)n1. The summed E-state index contributed by atoms with van der Waals surface area (Å²) in [5.41, 5.74) is 0.278. The zero-order chi connectivity index (χ0) is 16.1. The Labute approximate surface area is 130 Å². The lowest BCUT2D eigenvalue weighted by Gasteiger charge is -2.34. The first-order chi connectivity index (χ1) is 9.65. The van der Waals surface area contributed by atoms with E-state index in [0.717, 1.165) is 43.3 Å². The molecule has 1 aromatic heterocycles. The minimum absolute atomic E-state index is 0.000356. The van der Waals surface area contributed by atoms with Crippen LogP contribution in [0, 0.1) is 5.41 Å². The molecule has 1 rings (SSSR count). The van der Waals surface area contributed by atoms with Crippen molar-refractivity contribution in [3.8, 4) is 0 Å². The van der Waals surface area contributed by atoms with E-state index in [1.807, 2.05) is 6.07 Å². The van der Waals surface area contributed by atoms with Crippen molar-refractivity contribution in [1.29, 1.82) is 0 Å². The summed E-state index contributed by atoms with van der Waals surface area (Å²) in [5.74, 6) is 2.71. The lowest BCUT2D eigenvalue weighted by Crippen LogP contribution is -2.35. The van der Waals surface area contributed by atoms with Crippen molar-refractivity contribution in [3.63, 3.8) is 0 Å². The third kappa shape index (κ3) is 6.78. The number of anilines is 2. The van der Waals surface area contributed by atoms with Gasteiger partial charge in [-0.25, -0.2) is 9.97 Å². The third-order valence-corrected chi connectivity index (χ3v) is 3.08. The Balaban J connectivity index is 2.90. The Morgan fingerprint density at radius 1 is 1.00 bits per heavy atom. The highest BCUT2D eigenvalue weighted by atomic mass is 15.1. The molecule has 0 aliphatic rings. The van der Waals surface area contributed by atoms with Gasteiger partial charge in [0.05, 0.1) is 0 Å². The van der Waals surface area contributed by atoms with Gasteiger partial charge in [-0.2, -0.15) is 0 Å². The summed E-state index contributed by atoms with van der Waals surface area (Å²) in [4.78, 5) is 9.14. The van der Waals surface area contributed by atoms with Gasteiger partial charge in [0.15, 0.2) is 0 Å². The van der Waals surface area contributed by atoms with Crippen LogP contribution in [0.2, 0.25) is 0 Å². The van der Waals surface area contributed by atoms with Crippen molar-refractivity contribution in [3.05, 3.63) is 11.9 Å². The van der Waals surface area contributed by atoms with E-state index in [-0.39, 0.29) is 11.0 Å². The lowest BCUT2D eigenvalue weighted by molar-refractivity contribution is 0.302. The first-order valence-corrected chi connectivity index (χ1v) is 8.05. The number of hydrogen-bond donors (Lipinski definition) is 2. The number of nitrogens with one attached hydrogen (secondary N) is 2. The van der Waals surface area contributed by atoms with E-state index in [2.05, 4.69) is 69.1 Å². The quantitative estimate of drug-likeness (QED) is 0.777. The zero-order valence-corrected chi connectivity index (χ0v) is 14.8. The van der Waals surface area contributed by atoms with Gasteiger partial charge in [0, 0.05) is 24.6 Å². The number of hydrogen-bond acceptors (Lipinski definition) is 4. The molecule has 0 spiro atoms. The van der Waals surface area contributed by atoms with Crippen molar-refractivity contribution < 1.29 is 0 Å². The molecule has 2 N–H and O–H groups in total. The first kappa shape index (κ1) is 17.7. The maximum absolute atomic E-state index is 4.61. The second-order valence-electron chi connectivity index (χ2n) is 7.58. The lowest BCUT2D eigenvalue weighted by atomic mass is 9.82. The van der Waals surface area contributed by atoms with Gasteiger partial charge in [0.2, 0.25) is 0 Å². The summed E-state index contributed by atoms with van der Waals surface area (Å²) >= 11 is 0. The fraction of sp³-hybridized carbons (Fsp3) is 0.765. The van der Waals surface area contributed by atoms with E-state index >= 15 is 0 Å². The van der Waals surface area contributed by atoms with E-state index in [9.17, 15) is 0 Å². The van der Waals surface area contributed by atoms with E-state index in [1.54, 1.807) is 0 Å². The second kappa shape index (κ2) is 7.10. The molecule has 0 amide bonds. The predicted octanol–water partition coefficient (Wildman–Crippen LogP) is 4.49. The summed E-state index contributed by atoms with van der Waals surface area (Å²) in [6.45, 7) is 16.4. The molecule has 21 heavy (non-hydrogen) atoms. The molecule has 0 aliphatic carbocycles. The molecule has 4 heteroatoms. The van der Waals surface area contributed by atoms with Gasteiger partial charge >= 0.3 is 0 Å². The molecule has 0 aromatic carbocycles. The first-order valence-electron chi connectivity index (χ1n) is 8.05. The Hall–Kier alpha value is -1.32. The van der Waals surface area contributed by atoms with Crippen LogP contribution < -0.4 is 10.6 Å². The molecule has 1 heterocycles. The van der Waals surface area contributed by atoms with Crippen LogP contribution in [0.5, 0.6) is 0 Å². The van der Waals surface area contributed by atoms with E-state index in [4.69, 9.17) is 0 Å². The van der Waals surface area contributed by atoms with E-state index in [1.165, 1.54) is 0 Å². The molecule has 0 fully saturated rings. The summed E-state index contributed by atoms with van der Waals surface area (Å²) in [6, 6.07) is 2.01. The molecular formula is C17H32N4. The molecule has 0 saturated carbocycles. The van der Waals surface area contributed by atoms with Crippen molar-refractivity contribution in [2.24, 2.45) is 5.41 Å². The van der Waals surface area contributed by atoms with Crippen LogP contribution >= 0.6 is 0 Å². The molecule has 0 bridgehead atoms. The zero-order valence-electron chi connectivity index (χ0n) is 14.8. The average molecular weight is 292 g/mol. The van der Waals surface area contributed by atoms with Crippen LogP contribution in [0.1, 0.15) is 67.1 Å². The molecule has 1 aromatic rings. The van der Waals surface area contributed by atoms with E-state index < -0.39 is 0 Å². The minimum Gasteiger partial charge on any atom is -0.370 e. The van der Waals surface area contributed by atoms with Crippen molar-refractivity contribution >= 4 is 11.6 Å². The highest BCUT2D eigenvalue weighted by Crippen LogP contribution is 2.29. The number of aryl methyl sites for hydroxylation is 1. The van der Waals surface area contributed by atoms with Gasteiger partial charge in [-0.1, -0.05) is 34.6 Å². The van der Waals surface area contributed by atoms with Crippen LogP contribution in [0.3, 0.4) is 0 Å². The topological polar surface area (TPSA) is 49.8 Å². The number of nitrogens with zero attached hydrogens (tertiary/aromatic N) is 2. The van der Waals surface area contributed by atoms with Crippen LogP contribution in [-0.2, 0) is 6.42 Å². The fourth-order valence-electron chi connectivity index (χ4n) is 2.78. The van der Waals surface area contributed by atoms with Gasteiger partial charge < -0.3 is 10.6 Å². The van der Waals surface area contributed by atoms with Crippen LogP contribution in [0.4, 0.5) is 11.6 Å². The van der Waals surface area contributed by atoms with Gasteiger partial charge in [-0.3, -0.25) is 0 Å². The maximum Gasteiger partial charge on any atom is 0.132 e. The summed E-state index contributed by atoms with van der Waals surface area (Å²) in [6.07, 6.45) is 3.00. The molecule has 120 valence electrons. The molecule has 0 unspecified atom stereocenters. The summed E-state index contributed by atoms with van der Waals surface area (Å²) in [7, 11) is 0. The van der Waals surface area contributed by atoms with Crippen LogP contribution in [-0.4, -0.2) is 22.1 Å². The highest BCUT2D eigenvalue weighted by molar-refractivity contribution is 5.48. The Morgan fingerprint density at radius 2 is 1.62 bits per heavy atom. The number of aromatic nitrogens is 2. The summed E-state index contributed by atoms with van der Waals surface area (Å²) < 4.78 is 0. The van der Waals surface area contributed by atoms with Gasteiger partial charge in [0.25, 0.3) is 0 Å². The Bertz CT molecular complexity index is 447. The highest BCUT2D eigenvalue weighted by Gasteiger charge is 2.25. The monoisotopic (exact) mass is 292 g/mol. The van der Waals surface area contributed by atoms with Gasteiger partial charge in [0.1, 0.15) is 17.5 Å². The fourth-order valence-corrected chi connectivity index (χ4v) is 2.78. The average Bonchev–Trinajstić information content (AvgIpc) is 2.32.